The Balaban J connectivity index is 1.83. The van der Waals surface area contributed by atoms with Gasteiger partial charge in [-0.15, -0.1) is 0 Å². The summed E-state index contributed by atoms with van der Waals surface area (Å²) in [4.78, 5) is 28.1. The minimum atomic E-state index is -0.422. The van der Waals surface area contributed by atoms with Gasteiger partial charge in [0.15, 0.2) is 0 Å². The van der Waals surface area contributed by atoms with Crippen LogP contribution in [0.15, 0.2) is 11.0 Å². The molecule has 21 heavy (non-hydrogen) atoms. The van der Waals surface area contributed by atoms with Gasteiger partial charge in [-0.3, -0.25) is 9.59 Å². The molecule has 8 heteroatoms. The second kappa shape index (κ2) is 6.03. The molecule has 3 rings (SSSR count). The van der Waals surface area contributed by atoms with Crippen LogP contribution in [0.1, 0.15) is 12.8 Å². The molecule has 3 heterocycles. The van der Waals surface area contributed by atoms with Gasteiger partial charge in [0.2, 0.25) is 5.91 Å². The molecule has 1 amide bonds. The molecule has 1 atom stereocenters. The molecule has 2 N–H and O–H groups in total. The third kappa shape index (κ3) is 2.75. The van der Waals surface area contributed by atoms with Gasteiger partial charge in [-0.2, -0.15) is 5.10 Å². The SMILES string of the molecule is O=C(C1CCCN1c1cn[nH]c(=O)c1Cl)N1CCNCC1. The number of amides is 1. The summed E-state index contributed by atoms with van der Waals surface area (Å²) >= 11 is 6.07. The van der Waals surface area contributed by atoms with Crippen LogP contribution in [0.2, 0.25) is 5.02 Å². The number of anilines is 1. The van der Waals surface area contributed by atoms with Crippen molar-refractivity contribution in [3.63, 3.8) is 0 Å². The number of aromatic nitrogens is 2. The highest BCUT2D eigenvalue weighted by atomic mass is 35.5. The summed E-state index contributed by atoms with van der Waals surface area (Å²) < 4.78 is 0. The van der Waals surface area contributed by atoms with Gasteiger partial charge in [-0.25, -0.2) is 5.10 Å². The average Bonchev–Trinajstić information content (AvgIpc) is 2.99. The van der Waals surface area contributed by atoms with E-state index in [-0.39, 0.29) is 17.0 Å². The zero-order valence-corrected chi connectivity index (χ0v) is 12.4. The first-order valence-corrected chi connectivity index (χ1v) is 7.55. The molecular weight excluding hydrogens is 294 g/mol. The van der Waals surface area contributed by atoms with Gasteiger partial charge in [0.05, 0.1) is 11.9 Å². The second-order valence-corrected chi connectivity index (χ2v) is 5.70. The zero-order chi connectivity index (χ0) is 14.8. The van der Waals surface area contributed by atoms with Gasteiger partial charge in [0, 0.05) is 32.7 Å². The van der Waals surface area contributed by atoms with E-state index in [0.29, 0.717) is 12.2 Å². The first-order chi connectivity index (χ1) is 10.2. The van der Waals surface area contributed by atoms with Gasteiger partial charge < -0.3 is 15.1 Å². The average molecular weight is 312 g/mol. The number of nitrogens with one attached hydrogen (secondary N) is 2. The standard InChI is InChI=1S/C13H18ClN5O2/c14-11-10(8-16-17-12(11)20)19-5-1-2-9(19)13(21)18-6-3-15-4-7-18/h8-9,15H,1-7H2,(H,17,20). The van der Waals surface area contributed by atoms with Crippen molar-refractivity contribution in [1.29, 1.82) is 0 Å². The van der Waals surface area contributed by atoms with E-state index in [1.165, 1.54) is 6.20 Å². The predicted molar refractivity (Wildman–Crippen MR) is 79.7 cm³/mol. The van der Waals surface area contributed by atoms with Crippen LogP contribution in [0, 0.1) is 0 Å². The number of carbonyl (C=O) groups excluding carboxylic acids is 1. The zero-order valence-electron chi connectivity index (χ0n) is 11.6. The molecule has 1 aromatic heterocycles. The van der Waals surface area contributed by atoms with Crippen molar-refractivity contribution >= 4 is 23.2 Å². The maximum atomic E-state index is 12.7. The minimum absolute atomic E-state index is 0.102. The largest absolute Gasteiger partial charge is 0.357 e. The molecule has 0 saturated carbocycles. The maximum Gasteiger partial charge on any atom is 0.285 e. The fourth-order valence-corrected chi connectivity index (χ4v) is 3.18. The Bertz CT molecular complexity index is 584. The highest BCUT2D eigenvalue weighted by Gasteiger charge is 2.35. The van der Waals surface area contributed by atoms with E-state index in [1.54, 1.807) is 0 Å². The number of carbonyl (C=O) groups is 1. The molecule has 2 saturated heterocycles. The number of piperazine rings is 1. The Morgan fingerprint density at radius 1 is 1.33 bits per heavy atom. The molecule has 2 fully saturated rings. The maximum absolute atomic E-state index is 12.7. The van der Waals surface area contributed by atoms with Crippen molar-refractivity contribution in [3.8, 4) is 0 Å². The van der Waals surface area contributed by atoms with Gasteiger partial charge in [0.25, 0.3) is 5.56 Å². The van der Waals surface area contributed by atoms with E-state index in [0.717, 1.165) is 39.0 Å². The first kappa shape index (κ1) is 14.3. The van der Waals surface area contributed by atoms with Crippen LogP contribution in [-0.4, -0.2) is 59.8 Å². The smallest absolute Gasteiger partial charge is 0.285 e. The van der Waals surface area contributed by atoms with Crippen LogP contribution in [0.4, 0.5) is 5.69 Å². The summed E-state index contributed by atoms with van der Waals surface area (Å²) in [6, 6.07) is -0.246. The Kier molecular flexibility index (Phi) is 4.12. The van der Waals surface area contributed by atoms with E-state index in [9.17, 15) is 9.59 Å². The Labute approximate surface area is 127 Å². The monoisotopic (exact) mass is 311 g/mol. The normalized spacial score (nSPS) is 22.6. The molecule has 2 aliphatic heterocycles. The van der Waals surface area contributed by atoms with Crippen LogP contribution in [-0.2, 0) is 4.79 Å². The summed E-state index contributed by atoms with van der Waals surface area (Å²) in [7, 11) is 0. The number of nitrogens with zero attached hydrogens (tertiary/aromatic N) is 3. The summed E-state index contributed by atoms with van der Waals surface area (Å²) in [5, 5.41) is 9.44. The number of aromatic amines is 1. The quantitative estimate of drug-likeness (QED) is 0.792. The van der Waals surface area contributed by atoms with E-state index in [4.69, 9.17) is 11.6 Å². The summed E-state index contributed by atoms with van der Waals surface area (Å²) in [5.74, 6) is 0.116. The predicted octanol–water partition coefficient (Wildman–Crippen LogP) is -0.176. The lowest BCUT2D eigenvalue weighted by Gasteiger charge is -2.33. The lowest BCUT2D eigenvalue weighted by atomic mass is 10.1. The lowest BCUT2D eigenvalue weighted by Crippen LogP contribution is -2.52. The minimum Gasteiger partial charge on any atom is -0.357 e. The van der Waals surface area contributed by atoms with Gasteiger partial charge in [0.1, 0.15) is 11.1 Å². The molecule has 2 aliphatic rings. The lowest BCUT2D eigenvalue weighted by molar-refractivity contribution is -0.132. The Morgan fingerprint density at radius 2 is 2.10 bits per heavy atom. The Hall–Kier alpha value is -1.60. The Morgan fingerprint density at radius 3 is 2.86 bits per heavy atom. The van der Waals surface area contributed by atoms with Crippen LogP contribution in [0.5, 0.6) is 0 Å². The van der Waals surface area contributed by atoms with Crippen molar-refractivity contribution < 1.29 is 4.79 Å². The number of H-pyrrole nitrogens is 1. The number of hydrogen-bond donors (Lipinski definition) is 2. The van der Waals surface area contributed by atoms with Crippen molar-refractivity contribution in [3.05, 3.63) is 21.6 Å². The van der Waals surface area contributed by atoms with Crippen molar-refractivity contribution in [2.24, 2.45) is 0 Å². The van der Waals surface area contributed by atoms with Gasteiger partial charge in [-0.05, 0) is 12.8 Å². The summed E-state index contributed by atoms with van der Waals surface area (Å²) in [5.41, 5.74) is 0.126. The van der Waals surface area contributed by atoms with E-state index in [2.05, 4.69) is 15.5 Å². The highest BCUT2D eigenvalue weighted by molar-refractivity contribution is 6.33. The second-order valence-electron chi connectivity index (χ2n) is 5.33. The fourth-order valence-electron chi connectivity index (χ4n) is 2.98. The van der Waals surface area contributed by atoms with Crippen LogP contribution in [0.25, 0.3) is 0 Å². The van der Waals surface area contributed by atoms with E-state index in [1.807, 2.05) is 9.80 Å². The van der Waals surface area contributed by atoms with Gasteiger partial charge >= 0.3 is 0 Å². The molecule has 0 aromatic carbocycles. The molecule has 114 valence electrons. The molecule has 0 bridgehead atoms. The summed E-state index contributed by atoms with van der Waals surface area (Å²) in [6.45, 7) is 3.82. The first-order valence-electron chi connectivity index (χ1n) is 7.18. The van der Waals surface area contributed by atoms with E-state index >= 15 is 0 Å². The van der Waals surface area contributed by atoms with Crippen LogP contribution < -0.4 is 15.8 Å². The number of hydrogen-bond acceptors (Lipinski definition) is 5. The third-order valence-electron chi connectivity index (χ3n) is 4.05. The molecular formula is C13H18ClN5O2. The van der Waals surface area contributed by atoms with Crippen molar-refractivity contribution in [1.82, 2.24) is 20.4 Å². The van der Waals surface area contributed by atoms with Crippen LogP contribution >= 0.6 is 11.6 Å². The van der Waals surface area contributed by atoms with E-state index < -0.39 is 5.56 Å². The molecule has 1 aromatic rings. The van der Waals surface area contributed by atoms with Gasteiger partial charge in [-0.1, -0.05) is 11.6 Å². The topological polar surface area (TPSA) is 81.3 Å². The fraction of sp³-hybridized carbons (Fsp3) is 0.615. The molecule has 7 nitrogen and oxygen atoms in total. The highest BCUT2D eigenvalue weighted by Crippen LogP contribution is 2.29. The third-order valence-corrected chi connectivity index (χ3v) is 4.42. The molecule has 0 spiro atoms. The number of halogens is 1. The molecule has 0 radical (unpaired) electrons. The van der Waals surface area contributed by atoms with Crippen LogP contribution in [0.3, 0.4) is 0 Å². The molecule has 0 aliphatic carbocycles. The summed E-state index contributed by atoms with van der Waals surface area (Å²) in [6.07, 6.45) is 3.21. The van der Waals surface area contributed by atoms with Crippen molar-refractivity contribution in [2.75, 3.05) is 37.6 Å². The van der Waals surface area contributed by atoms with Crippen molar-refractivity contribution in [2.45, 2.75) is 18.9 Å². The molecule has 1 unspecified atom stereocenters. The number of rotatable bonds is 2.